The first kappa shape index (κ1) is 16.6. The fraction of sp³-hybridized carbons (Fsp3) is 0.143. The van der Waals surface area contributed by atoms with E-state index in [-0.39, 0.29) is 11.8 Å². The minimum absolute atomic E-state index is 0.0238. The Morgan fingerprint density at radius 3 is 2.77 bits per heavy atom. The van der Waals surface area contributed by atoms with Crippen LogP contribution >= 0.6 is 11.6 Å². The van der Waals surface area contributed by atoms with Crippen LogP contribution in [0.4, 0.5) is 0 Å². The van der Waals surface area contributed by atoms with Gasteiger partial charge in [-0.15, -0.1) is 0 Å². The zero-order valence-corrected chi connectivity index (χ0v) is 15.1. The molecule has 0 radical (unpaired) electrons. The number of Topliss-reactive ketones (excluding diaryl/α,β-unsaturated/α-hetero) is 1. The molecule has 1 N–H and O–H groups in total. The van der Waals surface area contributed by atoms with Crippen LogP contribution in [0.3, 0.4) is 0 Å². The van der Waals surface area contributed by atoms with Gasteiger partial charge in [-0.1, -0.05) is 54.1 Å². The van der Waals surface area contributed by atoms with Crippen molar-refractivity contribution in [1.29, 1.82) is 0 Å². The van der Waals surface area contributed by atoms with E-state index in [0.29, 0.717) is 23.0 Å². The van der Waals surface area contributed by atoms with Crippen molar-refractivity contribution in [1.82, 2.24) is 14.9 Å². The second kappa shape index (κ2) is 6.81. The molecule has 0 saturated carbocycles. The molecular formula is C21H18ClN3O. The van der Waals surface area contributed by atoms with E-state index in [9.17, 15) is 4.79 Å². The molecule has 0 amide bonds. The topological polar surface area (TPSA) is 49.0 Å². The molecule has 4 rings (SSSR count). The average Bonchev–Trinajstić information content (AvgIpc) is 3.12. The zero-order valence-electron chi connectivity index (χ0n) is 14.3. The third-order valence-corrected chi connectivity index (χ3v) is 4.77. The summed E-state index contributed by atoms with van der Waals surface area (Å²) < 4.78 is 0. The van der Waals surface area contributed by atoms with Crippen molar-refractivity contribution in [3.63, 3.8) is 0 Å². The first-order valence-electron chi connectivity index (χ1n) is 8.45. The number of aryl methyl sites for hydroxylation is 1. The van der Waals surface area contributed by atoms with E-state index >= 15 is 0 Å². The van der Waals surface area contributed by atoms with Gasteiger partial charge >= 0.3 is 0 Å². The third-order valence-electron chi connectivity index (χ3n) is 4.51. The maximum Gasteiger partial charge on any atom is 0.230 e. The van der Waals surface area contributed by atoms with Crippen LogP contribution < -0.4 is 0 Å². The number of carbonyl (C=O) groups is 1. The van der Waals surface area contributed by atoms with Crippen LogP contribution in [-0.2, 0) is 6.54 Å². The molecule has 5 heteroatoms. The largest absolute Gasteiger partial charge is 0.362 e. The Kier molecular flexibility index (Phi) is 4.35. The summed E-state index contributed by atoms with van der Waals surface area (Å²) >= 11 is 5.99. The first-order valence-corrected chi connectivity index (χ1v) is 8.83. The summed E-state index contributed by atoms with van der Waals surface area (Å²) in [5, 5.41) is 0.717. The van der Waals surface area contributed by atoms with E-state index < -0.39 is 0 Å². The Morgan fingerprint density at radius 1 is 1.23 bits per heavy atom. The molecule has 2 heterocycles. The monoisotopic (exact) mass is 363 g/mol. The quantitative estimate of drug-likeness (QED) is 0.820. The summed E-state index contributed by atoms with van der Waals surface area (Å²) in [5.74, 6) is 0.288. The molecule has 2 aliphatic rings. The number of hydrogen-bond donors (Lipinski definition) is 1. The molecule has 1 unspecified atom stereocenters. The Morgan fingerprint density at radius 2 is 2.04 bits per heavy atom. The molecule has 0 saturated heterocycles. The van der Waals surface area contributed by atoms with Crippen molar-refractivity contribution in [2.75, 3.05) is 0 Å². The van der Waals surface area contributed by atoms with Gasteiger partial charge in [-0.2, -0.15) is 0 Å². The molecule has 0 fully saturated rings. The minimum Gasteiger partial charge on any atom is -0.362 e. The van der Waals surface area contributed by atoms with Crippen LogP contribution in [0.15, 0.2) is 78.2 Å². The SMILES string of the molecule is Cc1cnc(C(=O)C2=CN(Cc3ccc(Cl)cc3)C3C=CC=CC=C23)[nH]1. The molecule has 26 heavy (non-hydrogen) atoms. The van der Waals surface area contributed by atoms with Crippen molar-refractivity contribution in [2.24, 2.45) is 0 Å². The Balaban J connectivity index is 1.68. The van der Waals surface area contributed by atoms with E-state index in [1.807, 2.05) is 61.7 Å². The molecule has 1 aromatic heterocycles. The highest BCUT2D eigenvalue weighted by atomic mass is 35.5. The van der Waals surface area contributed by atoms with Gasteiger partial charge in [0.25, 0.3) is 0 Å². The van der Waals surface area contributed by atoms with E-state index in [1.165, 1.54) is 0 Å². The summed E-state index contributed by atoms with van der Waals surface area (Å²) in [6.45, 7) is 2.58. The highest BCUT2D eigenvalue weighted by Gasteiger charge is 2.33. The molecule has 0 spiro atoms. The van der Waals surface area contributed by atoms with Gasteiger partial charge in [-0.05, 0) is 30.2 Å². The lowest BCUT2D eigenvalue weighted by atomic mass is 9.98. The number of nitrogens with one attached hydrogen (secondary N) is 1. The van der Waals surface area contributed by atoms with Crippen LogP contribution in [0, 0.1) is 6.92 Å². The number of fused-ring (bicyclic) bond motifs is 1. The Bertz CT molecular complexity index is 963. The van der Waals surface area contributed by atoms with Gasteiger partial charge in [0.1, 0.15) is 0 Å². The van der Waals surface area contributed by atoms with Gasteiger partial charge in [0.2, 0.25) is 5.78 Å². The lowest BCUT2D eigenvalue weighted by Crippen LogP contribution is -2.25. The van der Waals surface area contributed by atoms with Crippen molar-refractivity contribution in [3.05, 3.63) is 100 Å². The number of H-pyrrole nitrogens is 1. The fourth-order valence-corrected chi connectivity index (χ4v) is 3.37. The fourth-order valence-electron chi connectivity index (χ4n) is 3.24. The number of nitrogens with zero attached hydrogens (tertiary/aromatic N) is 2. The summed E-state index contributed by atoms with van der Waals surface area (Å²) in [4.78, 5) is 22.4. The number of imidazole rings is 1. The van der Waals surface area contributed by atoms with Crippen LogP contribution in [0.25, 0.3) is 0 Å². The van der Waals surface area contributed by atoms with Crippen LogP contribution in [0.5, 0.6) is 0 Å². The number of rotatable bonds is 4. The summed E-state index contributed by atoms with van der Waals surface area (Å²) in [6.07, 6.45) is 13.7. The summed E-state index contributed by atoms with van der Waals surface area (Å²) in [7, 11) is 0. The predicted octanol–water partition coefficient (Wildman–Crippen LogP) is 4.37. The molecule has 1 aromatic carbocycles. The lowest BCUT2D eigenvalue weighted by molar-refractivity contribution is 0.102. The number of allylic oxidation sites excluding steroid dienone is 4. The number of benzene rings is 1. The van der Waals surface area contributed by atoms with Crippen LogP contribution in [0.1, 0.15) is 21.9 Å². The minimum atomic E-state index is -0.0864. The zero-order chi connectivity index (χ0) is 18.1. The van der Waals surface area contributed by atoms with E-state index in [0.717, 1.165) is 16.8 Å². The first-order chi connectivity index (χ1) is 12.6. The normalized spacial score (nSPS) is 18.4. The van der Waals surface area contributed by atoms with Gasteiger partial charge in [0.15, 0.2) is 5.82 Å². The Labute approximate surface area is 157 Å². The highest BCUT2D eigenvalue weighted by Crippen LogP contribution is 2.33. The van der Waals surface area contributed by atoms with Gasteiger partial charge in [-0.25, -0.2) is 4.98 Å². The molecule has 1 aliphatic carbocycles. The molecule has 4 nitrogen and oxygen atoms in total. The van der Waals surface area contributed by atoms with Gasteiger partial charge in [-0.3, -0.25) is 4.79 Å². The highest BCUT2D eigenvalue weighted by molar-refractivity contribution is 6.30. The molecule has 0 bridgehead atoms. The number of aromatic nitrogens is 2. The average molecular weight is 364 g/mol. The van der Waals surface area contributed by atoms with E-state index in [2.05, 4.69) is 20.9 Å². The maximum absolute atomic E-state index is 13.0. The number of carbonyl (C=O) groups excluding carboxylic acids is 1. The second-order valence-corrected chi connectivity index (χ2v) is 6.86. The van der Waals surface area contributed by atoms with Crippen molar-refractivity contribution in [3.8, 4) is 0 Å². The number of aromatic amines is 1. The molecule has 130 valence electrons. The molecule has 1 aliphatic heterocycles. The van der Waals surface area contributed by atoms with Gasteiger partial charge in [0.05, 0.1) is 6.04 Å². The van der Waals surface area contributed by atoms with E-state index in [4.69, 9.17) is 11.6 Å². The van der Waals surface area contributed by atoms with Crippen molar-refractivity contribution < 1.29 is 4.79 Å². The van der Waals surface area contributed by atoms with Crippen molar-refractivity contribution in [2.45, 2.75) is 19.5 Å². The van der Waals surface area contributed by atoms with Gasteiger partial charge < -0.3 is 9.88 Å². The number of halogens is 1. The Hall–Kier alpha value is -2.85. The number of hydrogen-bond acceptors (Lipinski definition) is 3. The van der Waals surface area contributed by atoms with Crippen molar-refractivity contribution >= 4 is 17.4 Å². The number of ketones is 1. The lowest BCUT2D eigenvalue weighted by Gasteiger charge is -2.23. The second-order valence-electron chi connectivity index (χ2n) is 6.42. The standard InChI is InChI=1S/C21H18ClN3O/c1-14-11-23-21(24-14)20(26)18-13-25(12-15-7-9-16(22)10-8-15)19-6-4-2-3-5-17(18)19/h2-11,13,19H,12H2,1H3,(H,23,24). The van der Waals surface area contributed by atoms with E-state index in [1.54, 1.807) is 6.20 Å². The molecule has 2 aromatic rings. The maximum atomic E-state index is 13.0. The summed E-state index contributed by atoms with van der Waals surface area (Å²) in [5.41, 5.74) is 3.67. The van der Waals surface area contributed by atoms with Crippen LogP contribution in [-0.4, -0.2) is 26.7 Å². The smallest absolute Gasteiger partial charge is 0.230 e. The molecular weight excluding hydrogens is 346 g/mol. The predicted molar refractivity (Wildman–Crippen MR) is 103 cm³/mol. The van der Waals surface area contributed by atoms with Gasteiger partial charge in [0, 0.05) is 35.2 Å². The van der Waals surface area contributed by atoms with Crippen LogP contribution in [0.2, 0.25) is 5.02 Å². The summed E-state index contributed by atoms with van der Waals surface area (Å²) in [6, 6.07) is 7.81. The molecule has 1 atom stereocenters. The third kappa shape index (κ3) is 3.16.